The summed E-state index contributed by atoms with van der Waals surface area (Å²) in [6.07, 6.45) is 1.67. The summed E-state index contributed by atoms with van der Waals surface area (Å²) in [5, 5.41) is 13.4. The number of amides is 1. The van der Waals surface area contributed by atoms with Crippen molar-refractivity contribution >= 4 is 11.9 Å². The Morgan fingerprint density at radius 2 is 1.96 bits per heavy atom. The Bertz CT molecular complexity index is 860. The number of rotatable bonds is 7. The van der Waals surface area contributed by atoms with Crippen molar-refractivity contribution in [2.75, 3.05) is 6.54 Å². The molecular formula is C19H23FN4O3. The van der Waals surface area contributed by atoms with E-state index in [2.05, 4.69) is 10.1 Å². The Morgan fingerprint density at radius 3 is 2.52 bits per heavy atom. The molecule has 8 heteroatoms. The third-order valence-corrected chi connectivity index (χ3v) is 4.56. The van der Waals surface area contributed by atoms with E-state index in [0.717, 1.165) is 12.8 Å². The molecule has 0 radical (unpaired) electrons. The molecule has 1 fully saturated rings. The van der Waals surface area contributed by atoms with Gasteiger partial charge in [-0.25, -0.2) is 14.1 Å². The van der Waals surface area contributed by atoms with Crippen molar-refractivity contribution in [1.29, 1.82) is 0 Å². The summed E-state index contributed by atoms with van der Waals surface area (Å²) in [4.78, 5) is 30.1. The SMILES string of the molecule is CC(CN(C(=O)c1nc(C(C)C)n(-c2ccccc2F)n1)C1CC1)C(=O)O. The van der Waals surface area contributed by atoms with Crippen LogP contribution in [0.25, 0.3) is 5.69 Å². The molecule has 0 bridgehead atoms. The molecule has 1 atom stereocenters. The molecule has 1 heterocycles. The standard InChI is InChI=1S/C19H23FN4O3/c1-11(2)17-21-16(22-24(17)15-7-5-4-6-14(15)20)18(25)23(13-8-9-13)10-12(3)19(26)27/h4-7,11-13H,8-10H2,1-3H3,(H,26,27). The lowest BCUT2D eigenvalue weighted by Crippen LogP contribution is -2.39. The summed E-state index contributed by atoms with van der Waals surface area (Å²) in [7, 11) is 0. The molecule has 3 rings (SSSR count). The van der Waals surface area contributed by atoms with Gasteiger partial charge in [0.05, 0.1) is 5.92 Å². The number of carboxylic acid groups (broad SMARTS) is 1. The summed E-state index contributed by atoms with van der Waals surface area (Å²) < 4.78 is 15.6. The Morgan fingerprint density at radius 1 is 1.30 bits per heavy atom. The molecule has 2 aromatic rings. The van der Waals surface area contributed by atoms with Gasteiger partial charge in [0, 0.05) is 18.5 Å². The lowest BCUT2D eigenvalue weighted by Gasteiger charge is -2.22. The number of halogens is 1. The van der Waals surface area contributed by atoms with Crippen LogP contribution in [0.1, 0.15) is 56.0 Å². The minimum Gasteiger partial charge on any atom is -0.481 e. The van der Waals surface area contributed by atoms with Gasteiger partial charge in [0.25, 0.3) is 5.91 Å². The number of carbonyl (C=O) groups is 2. The van der Waals surface area contributed by atoms with Gasteiger partial charge in [0.15, 0.2) is 0 Å². The molecule has 1 unspecified atom stereocenters. The largest absolute Gasteiger partial charge is 0.481 e. The van der Waals surface area contributed by atoms with Crippen molar-refractivity contribution in [2.24, 2.45) is 5.92 Å². The van der Waals surface area contributed by atoms with Gasteiger partial charge < -0.3 is 10.0 Å². The number of para-hydroxylation sites is 1. The molecule has 144 valence electrons. The average Bonchev–Trinajstić information content (AvgIpc) is 3.36. The Kier molecular flexibility index (Phi) is 5.25. The molecule has 0 saturated heterocycles. The second kappa shape index (κ2) is 7.46. The van der Waals surface area contributed by atoms with Crippen molar-refractivity contribution in [3.63, 3.8) is 0 Å². The Hall–Kier alpha value is -2.77. The van der Waals surface area contributed by atoms with E-state index in [1.54, 1.807) is 25.1 Å². The number of hydrogen-bond acceptors (Lipinski definition) is 4. The van der Waals surface area contributed by atoms with Crippen molar-refractivity contribution in [3.05, 3.63) is 41.7 Å². The molecule has 1 N–H and O–H groups in total. The van der Waals surface area contributed by atoms with E-state index >= 15 is 0 Å². The van der Waals surface area contributed by atoms with Gasteiger partial charge in [-0.15, -0.1) is 5.10 Å². The number of hydrogen-bond donors (Lipinski definition) is 1. The first-order valence-electron chi connectivity index (χ1n) is 9.05. The van der Waals surface area contributed by atoms with E-state index in [1.165, 1.54) is 15.6 Å². The number of aromatic nitrogens is 3. The Labute approximate surface area is 156 Å². The zero-order chi connectivity index (χ0) is 19.7. The van der Waals surface area contributed by atoms with Crippen molar-refractivity contribution in [3.8, 4) is 5.69 Å². The van der Waals surface area contributed by atoms with E-state index in [0.29, 0.717) is 5.82 Å². The molecule has 1 aromatic heterocycles. The lowest BCUT2D eigenvalue weighted by atomic mass is 10.1. The van der Waals surface area contributed by atoms with E-state index in [4.69, 9.17) is 0 Å². The third kappa shape index (κ3) is 3.99. The molecule has 0 aliphatic heterocycles. The first-order chi connectivity index (χ1) is 12.8. The molecule has 1 saturated carbocycles. The van der Waals surface area contributed by atoms with Crippen LogP contribution in [0.3, 0.4) is 0 Å². The fourth-order valence-corrected chi connectivity index (χ4v) is 2.87. The molecule has 27 heavy (non-hydrogen) atoms. The van der Waals surface area contributed by atoms with Gasteiger partial charge in [-0.1, -0.05) is 32.9 Å². The maximum Gasteiger partial charge on any atom is 0.308 e. The quantitative estimate of drug-likeness (QED) is 0.805. The zero-order valence-corrected chi connectivity index (χ0v) is 15.6. The van der Waals surface area contributed by atoms with Crippen molar-refractivity contribution < 1.29 is 19.1 Å². The van der Waals surface area contributed by atoms with Crippen LogP contribution < -0.4 is 0 Å². The molecule has 7 nitrogen and oxygen atoms in total. The fourth-order valence-electron chi connectivity index (χ4n) is 2.87. The van der Waals surface area contributed by atoms with E-state index < -0.39 is 23.6 Å². The number of aliphatic carboxylic acids is 1. The first kappa shape index (κ1) is 19.0. The number of carbonyl (C=O) groups excluding carboxylic acids is 1. The predicted molar refractivity (Wildman–Crippen MR) is 96.3 cm³/mol. The molecule has 1 amide bonds. The summed E-state index contributed by atoms with van der Waals surface area (Å²) in [5.41, 5.74) is 0.227. The Balaban J connectivity index is 1.96. The normalized spacial score (nSPS) is 15.0. The average molecular weight is 374 g/mol. The van der Waals surface area contributed by atoms with Crippen LogP contribution in [-0.2, 0) is 4.79 Å². The summed E-state index contributed by atoms with van der Waals surface area (Å²) in [5.74, 6) is -2.15. The van der Waals surface area contributed by atoms with Gasteiger partial charge in [0.1, 0.15) is 17.3 Å². The lowest BCUT2D eigenvalue weighted by molar-refractivity contribution is -0.141. The summed E-state index contributed by atoms with van der Waals surface area (Å²) >= 11 is 0. The van der Waals surface area contributed by atoms with Crippen molar-refractivity contribution in [1.82, 2.24) is 19.7 Å². The highest BCUT2D eigenvalue weighted by atomic mass is 19.1. The highest BCUT2D eigenvalue weighted by Gasteiger charge is 2.37. The molecule has 1 aromatic carbocycles. The molecule has 1 aliphatic rings. The monoisotopic (exact) mass is 374 g/mol. The number of nitrogens with zero attached hydrogens (tertiary/aromatic N) is 4. The van der Waals surface area contributed by atoms with Crippen LogP contribution in [0, 0.1) is 11.7 Å². The minimum absolute atomic E-state index is 0.0159. The van der Waals surface area contributed by atoms with E-state index in [-0.39, 0.29) is 30.0 Å². The number of benzene rings is 1. The molecular weight excluding hydrogens is 351 g/mol. The maximum absolute atomic E-state index is 14.2. The van der Waals surface area contributed by atoms with Crippen molar-refractivity contribution in [2.45, 2.75) is 45.6 Å². The van der Waals surface area contributed by atoms with Crippen LogP contribution in [-0.4, -0.2) is 49.2 Å². The van der Waals surface area contributed by atoms with E-state index in [1.807, 2.05) is 13.8 Å². The van der Waals surface area contributed by atoms with Crippen LogP contribution >= 0.6 is 0 Å². The first-order valence-corrected chi connectivity index (χ1v) is 9.05. The van der Waals surface area contributed by atoms with Crippen LogP contribution in [0.15, 0.2) is 24.3 Å². The molecule has 1 aliphatic carbocycles. The van der Waals surface area contributed by atoms with E-state index in [9.17, 15) is 19.1 Å². The van der Waals surface area contributed by atoms with Gasteiger partial charge in [-0.05, 0) is 25.0 Å². The minimum atomic E-state index is -0.957. The highest BCUT2D eigenvalue weighted by molar-refractivity contribution is 5.91. The smallest absolute Gasteiger partial charge is 0.308 e. The topological polar surface area (TPSA) is 88.3 Å². The number of carboxylic acids is 1. The molecule has 0 spiro atoms. The second-order valence-electron chi connectivity index (χ2n) is 7.24. The van der Waals surface area contributed by atoms with Crippen LogP contribution in [0.2, 0.25) is 0 Å². The van der Waals surface area contributed by atoms with Crippen LogP contribution in [0.4, 0.5) is 4.39 Å². The zero-order valence-electron chi connectivity index (χ0n) is 15.6. The maximum atomic E-state index is 14.2. The summed E-state index contributed by atoms with van der Waals surface area (Å²) in [6, 6.07) is 6.20. The van der Waals surface area contributed by atoms with Gasteiger partial charge in [0.2, 0.25) is 5.82 Å². The second-order valence-corrected chi connectivity index (χ2v) is 7.24. The van der Waals surface area contributed by atoms with Crippen LogP contribution in [0.5, 0.6) is 0 Å². The predicted octanol–water partition coefficient (Wildman–Crippen LogP) is 2.86. The highest BCUT2D eigenvalue weighted by Crippen LogP contribution is 2.29. The third-order valence-electron chi connectivity index (χ3n) is 4.56. The fraction of sp³-hybridized carbons (Fsp3) is 0.474. The van der Waals surface area contributed by atoms with Gasteiger partial charge >= 0.3 is 5.97 Å². The van der Waals surface area contributed by atoms with Gasteiger partial charge in [-0.3, -0.25) is 9.59 Å². The van der Waals surface area contributed by atoms with Gasteiger partial charge in [-0.2, -0.15) is 0 Å². The summed E-state index contributed by atoms with van der Waals surface area (Å²) in [6.45, 7) is 5.45.